The molecule has 1 aromatic heterocycles. The zero-order chi connectivity index (χ0) is 21.6. The highest BCUT2D eigenvalue weighted by molar-refractivity contribution is 7.89. The molecule has 2 unspecified atom stereocenters. The van der Waals surface area contributed by atoms with Crippen LogP contribution in [0.25, 0.3) is 0 Å². The average Bonchev–Trinajstić information content (AvgIpc) is 2.80. The molecule has 2 saturated heterocycles. The largest absolute Gasteiger partial charge is 0.339 e. The van der Waals surface area contributed by atoms with Crippen molar-refractivity contribution in [2.45, 2.75) is 43.0 Å². The van der Waals surface area contributed by atoms with E-state index >= 15 is 0 Å². The summed E-state index contributed by atoms with van der Waals surface area (Å²) >= 11 is 0. The SMILES string of the molecule is O=C(c1cccc(S(=O)(=O)N2CC3CC(C2)c2cccc(=O)n2C3)c1)N1CCCCC1. The predicted molar refractivity (Wildman–Crippen MR) is 117 cm³/mol. The standard InChI is InChI=1S/C23H27N3O4S/c27-22-9-5-8-21-19-12-17(15-26(21)22)14-25(16-19)31(29,30)20-7-4-6-18(13-20)23(28)24-10-2-1-3-11-24/h4-9,13,17,19H,1-3,10-12,14-16H2. The van der Waals surface area contributed by atoms with Crippen LogP contribution in [0.1, 0.15) is 47.7 Å². The molecule has 31 heavy (non-hydrogen) atoms. The molecular formula is C23H27N3O4S. The van der Waals surface area contributed by atoms with Gasteiger partial charge < -0.3 is 9.47 Å². The number of pyridine rings is 1. The number of aromatic nitrogens is 1. The number of benzene rings is 1. The van der Waals surface area contributed by atoms with Crippen LogP contribution in [0.15, 0.2) is 52.2 Å². The maximum absolute atomic E-state index is 13.5. The molecule has 2 aromatic rings. The fourth-order valence-electron chi connectivity index (χ4n) is 5.27. The van der Waals surface area contributed by atoms with Crippen LogP contribution in [-0.4, -0.2) is 54.3 Å². The molecule has 3 aliphatic rings. The van der Waals surface area contributed by atoms with E-state index in [2.05, 4.69) is 0 Å². The van der Waals surface area contributed by atoms with Gasteiger partial charge in [0.25, 0.3) is 11.5 Å². The first-order chi connectivity index (χ1) is 14.9. The number of hydrogen-bond donors (Lipinski definition) is 0. The summed E-state index contributed by atoms with van der Waals surface area (Å²) in [5.41, 5.74) is 1.32. The first-order valence-corrected chi connectivity index (χ1v) is 12.5. The van der Waals surface area contributed by atoms with Gasteiger partial charge in [0.15, 0.2) is 0 Å². The highest BCUT2D eigenvalue weighted by Crippen LogP contribution is 2.37. The number of hydrogen-bond acceptors (Lipinski definition) is 4. The highest BCUT2D eigenvalue weighted by Gasteiger charge is 2.39. The molecule has 0 spiro atoms. The van der Waals surface area contributed by atoms with Crippen molar-refractivity contribution >= 4 is 15.9 Å². The van der Waals surface area contributed by atoms with Crippen molar-refractivity contribution in [2.75, 3.05) is 26.2 Å². The molecule has 0 saturated carbocycles. The molecule has 2 bridgehead atoms. The summed E-state index contributed by atoms with van der Waals surface area (Å²) in [6, 6.07) is 11.7. The summed E-state index contributed by atoms with van der Waals surface area (Å²) in [6.07, 6.45) is 4.00. The number of carbonyl (C=O) groups excluding carboxylic acids is 1. The van der Waals surface area contributed by atoms with Gasteiger partial charge in [0.05, 0.1) is 4.90 Å². The smallest absolute Gasteiger partial charge is 0.253 e. The third kappa shape index (κ3) is 3.72. The van der Waals surface area contributed by atoms with E-state index in [-0.39, 0.29) is 28.2 Å². The van der Waals surface area contributed by atoms with E-state index in [0.717, 1.165) is 44.5 Å². The fraction of sp³-hybridized carbons (Fsp3) is 0.478. The number of piperidine rings is 2. The third-order valence-electron chi connectivity index (χ3n) is 6.81. The van der Waals surface area contributed by atoms with Gasteiger partial charge in [0, 0.05) is 56.0 Å². The van der Waals surface area contributed by atoms with Crippen molar-refractivity contribution in [2.24, 2.45) is 5.92 Å². The second kappa shape index (κ2) is 7.91. The van der Waals surface area contributed by atoms with E-state index in [1.165, 1.54) is 10.4 Å². The van der Waals surface area contributed by atoms with Crippen LogP contribution in [0, 0.1) is 5.92 Å². The second-order valence-corrected chi connectivity index (χ2v) is 10.8. The molecule has 8 heteroatoms. The van der Waals surface area contributed by atoms with Gasteiger partial charge in [-0.15, -0.1) is 0 Å². The lowest BCUT2D eigenvalue weighted by Crippen LogP contribution is -2.49. The van der Waals surface area contributed by atoms with Crippen molar-refractivity contribution < 1.29 is 13.2 Å². The Bertz CT molecular complexity index is 1170. The Morgan fingerprint density at radius 3 is 2.52 bits per heavy atom. The molecule has 1 aromatic carbocycles. The zero-order valence-corrected chi connectivity index (χ0v) is 18.3. The lowest BCUT2D eigenvalue weighted by atomic mass is 9.84. The van der Waals surface area contributed by atoms with Crippen molar-refractivity contribution in [3.05, 3.63) is 64.1 Å². The number of fused-ring (bicyclic) bond motifs is 4. The van der Waals surface area contributed by atoms with Gasteiger partial charge in [-0.3, -0.25) is 9.59 Å². The molecule has 0 aliphatic carbocycles. The maximum atomic E-state index is 13.5. The minimum absolute atomic E-state index is 0.00865. The van der Waals surface area contributed by atoms with Crippen LogP contribution in [0.2, 0.25) is 0 Å². The average molecular weight is 442 g/mol. The molecule has 1 amide bonds. The Morgan fingerprint density at radius 1 is 0.935 bits per heavy atom. The van der Waals surface area contributed by atoms with Gasteiger partial charge in [0.2, 0.25) is 10.0 Å². The topological polar surface area (TPSA) is 79.7 Å². The molecule has 4 heterocycles. The summed E-state index contributed by atoms with van der Waals surface area (Å²) in [5.74, 6) is 0.0224. The fourth-order valence-corrected chi connectivity index (χ4v) is 6.87. The zero-order valence-electron chi connectivity index (χ0n) is 17.4. The molecule has 0 radical (unpaired) electrons. The molecule has 2 fully saturated rings. The van der Waals surface area contributed by atoms with Gasteiger partial charge in [-0.05, 0) is 55.9 Å². The van der Waals surface area contributed by atoms with E-state index in [1.807, 2.05) is 11.0 Å². The van der Waals surface area contributed by atoms with Gasteiger partial charge in [-0.25, -0.2) is 8.42 Å². The summed E-state index contributed by atoms with van der Waals surface area (Å²) in [4.78, 5) is 27.1. The van der Waals surface area contributed by atoms with Gasteiger partial charge >= 0.3 is 0 Å². The molecule has 0 N–H and O–H groups in total. The molecule has 5 rings (SSSR count). The Balaban J connectivity index is 1.41. The number of likely N-dealkylation sites (tertiary alicyclic amines) is 1. The van der Waals surface area contributed by atoms with Crippen molar-refractivity contribution in [1.82, 2.24) is 13.8 Å². The van der Waals surface area contributed by atoms with Crippen LogP contribution in [-0.2, 0) is 16.6 Å². The molecule has 3 aliphatic heterocycles. The third-order valence-corrected chi connectivity index (χ3v) is 8.64. The Hall–Kier alpha value is -2.45. The van der Waals surface area contributed by atoms with Crippen LogP contribution < -0.4 is 5.56 Å². The summed E-state index contributed by atoms with van der Waals surface area (Å²) in [7, 11) is -3.73. The van der Waals surface area contributed by atoms with Crippen LogP contribution >= 0.6 is 0 Å². The Kier molecular flexibility index (Phi) is 5.22. The van der Waals surface area contributed by atoms with E-state index < -0.39 is 10.0 Å². The monoisotopic (exact) mass is 441 g/mol. The normalized spacial score (nSPS) is 23.9. The summed E-state index contributed by atoms with van der Waals surface area (Å²) in [5, 5.41) is 0. The Morgan fingerprint density at radius 2 is 1.71 bits per heavy atom. The van der Waals surface area contributed by atoms with E-state index in [9.17, 15) is 18.0 Å². The number of carbonyl (C=O) groups is 1. The molecule has 164 valence electrons. The second-order valence-electron chi connectivity index (χ2n) is 8.90. The quantitative estimate of drug-likeness (QED) is 0.732. The number of sulfonamides is 1. The van der Waals surface area contributed by atoms with Gasteiger partial charge in [0.1, 0.15) is 0 Å². The van der Waals surface area contributed by atoms with E-state index in [0.29, 0.717) is 25.2 Å². The minimum atomic E-state index is -3.73. The lowest BCUT2D eigenvalue weighted by molar-refractivity contribution is 0.0724. The molecular weight excluding hydrogens is 414 g/mol. The molecule has 2 atom stereocenters. The van der Waals surface area contributed by atoms with Gasteiger partial charge in [-0.2, -0.15) is 4.31 Å². The molecule has 7 nitrogen and oxygen atoms in total. The summed E-state index contributed by atoms with van der Waals surface area (Å²) < 4.78 is 30.3. The Labute approximate surface area is 182 Å². The maximum Gasteiger partial charge on any atom is 0.253 e. The van der Waals surface area contributed by atoms with Crippen LogP contribution in [0.4, 0.5) is 0 Å². The highest BCUT2D eigenvalue weighted by atomic mass is 32.2. The van der Waals surface area contributed by atoms with E-state index in [4.69, 9.17) is 0 Å². The lowest BCUT2D eigenvalue weighted by Gasteiger charge is -2.42. The van der Waals surface area contributed by atoms with E-state index in [1.54, 1.807) is 34.9 Å². The van der Waals surface area contributed by atoms with Crippen LogP contribution in [0.3, 0.4) is 0 Å². The number of nitrogens with zero attached hydrogens (tertiary/aromatic N) is 3. The first kappa shape index (κ1) is 20.5. The van der Waals surface area contributed by atoms with Crippen molar-refractivity contribution in [3.63, 3.8) is 0 Å². The van der Waals surface area contributed by atoms with Crippen LogP contribution in [0.5, 0.6) is 0 Å². The predicted octanol–water partition coefficient (Wildman–Crippen LogP) is 2.28. The number of rotatable bonds is 3. The summed E-state index contributed by atoms with van der Waals surface area (Å²) in [6.45, 7) is 2.75. The van der Waals surface area contributed by atoms with Crippen molar-refractivity contribution in [1.29, 1.82) is 0 Å². The number of amides is 1. The minimum Gasteiger partial charge on any atom is -0.339 e. The van der Waals surface area contributed by atoms with Crippen molar-refractivity contribution in [3.8, 4) is 0 Å². The first-order valence-electron chi connectivity index (χ1n) is 11.0. The van der Waals surface area contributed by atoms with Gasteiger partial charge in [-0.1, -0.05) is 12.1 Å².